The summed E-state index contributed by atoms with van der Waals surface area (Å²) < 4.78 is 0. The van der Waals surface area contributed by atoms with E-state index in [0.717, 1.165) is 38.8 Å². The fraction of sp³-hybridized carbons (Fsp3) is 0.714. The first-order valence-electron chi connectivity index (χ1n) is 6.61. The van der Waals surface area contributed by atoms with Crippen LogP contribution in [0.4, 0.5) is 0 Å². The standard InChI is InChI=1S/C14H22N2OS/c1-14(2,3)12-10-18-13(15-12)8-16-6-4-5-11(7-16)9-17/h9-11H,4-8H2,1-3H3. The zero-order valence-corrected chi connectivity index (χ0v) is 12.3. The van der Waals surface area contributed by atoms with Gasteiger partial charge in [-0.2, -0.15) is 0 Å². The van der Waals surface area contributed by atoms with Gasteiger partial charge >= 0.3 is 0 Å². The highest BCUT2D eigenvalue weighted by Gasteiger charge is 2.22. The van der Waals surface area contributed by atoms with Crippen LogP contribution in [0.2, 0.25) is 0 Å². The highest BCUT2D eigenvalue weighted by Crippen LogP contribution is 2.25. The van der Waals surface area contributed by atoms with Gasteiger partial charge in [-0.1, -0.05) is 20.8 Å². The Labute approximate surface area is 113 Å². The van der Waals surface area contributed by atoms with Crippen LogP contribution >= 0.6 is 11.3 Å². The molecule has 1 fully saturated rings. The predicted octanol–water partition coefficient (Wildman–Crippen LogP) is 2.85. The molecule has 4 heteroatoms. The summed E-state index contributed by atoms with van der Waals surface area (Å²) in [6, 6.07) is 0. The maximum Gasteiger partial charge on any atom is 0.124 e. The van der Waals surface area contributed by atoms with E-state index < -0.39 is 0 Å². The van der Waals surface area contributed by atoms with E-state index in [1.807, 2.05) is 0 Å². The van der Waals surface area contributed by atoms with E-state index in [-0.39, 0.29) is 11.3 Å². The number of carbonyl (C=O) groups excluding carboxylic acids is 1. The van der Waals surface area contributed by atoms with Crippen LogP contribution in [0.15, 0.2) is 5.38 Å². The molecular formula is C14H22N2OS. The highest BCUT2D eigenvalue weighted by molar-refractivity contribution is 7.09. The van der Waals surface area contributed by atoms with E-state index in [0.29, 0.717) is 0 Å². The van der Waals surface area contributed by atoms with Crippen LogP contribution in [0, 0.1) is 5.92 Å². The van der Waals surface area contributed by atoms with Crippen molar-refractivity contribution >= 4 is 17.6 Å². The Morgan fingerprint density at radius 1 is 1.56 bits per heavy atom. The summed E-state index contributed by atoms with van der Waals surface area (Å²) in [5, 5.41) is 3.34. The number of hydrogen-bond acceptors (Lipinski definition) is 4. The molecule has 0 aliphatic carbocycles. The maximum atomic E-state index is 10.9. The lowest BCUT2D eigenvalue weighted by Crippen LogP contribution is -2.35. The first-order valence-corrected chi connectivity index (χ1v) is 7.49. The molecule has 0 aromatic carbocycles. The summed E-state index contributed by atoms with van der Waals surface area (Å²) in [5.74, 6) is 0.223. The quantitative estimate of drug-likeness (QED) is 0.789. The van der Waals surface area contributed by atoms with E-state index in [9.17, 15) is 4.79 Å². The topological polar surface area (TPSA) is 33.2 Å². The van der Waals surface area contributed by atoms with Crippen molar-refractivity contribution in [1.29, 1.82) is 0 Å². The minimum Gasteiger partial charge on any atom is -0.303 e. The number of piperidine rings is 1. The Morgan fingerprint density at radius 3 is 2.94 bits per heavy atom. The molecule has 1 aliphatic heterocycles. The molecular weight excluding hydrogens is 244 g/mol. The first kappa shape index (κ1) is 13.7. The summed E-state index contributed by atoms with van der Waals surface area (Å²) in [6.45, 7) is 9.45. The van der Waals surface area contributed by atoms with E-state index >= 15 is 0 Å². The third-order valence-corrected chi connectivity index (χ3v) is 4.25. The summed E-state index contributed by atoms with van der Waals surface area (Å²) in [6.07, 6.45) is 3.28. The molecule has 1 saturated heterocycles. The van der Waals surface area contributed by atoms with Crippen molar-refractivity contribution in [3.05, 3.63) is 16.1 Å². The molecule has 0 bridgehead atoms. The molecule has 2 heterocycles. The monoisotopic (exact) mass is 266 g/mol. The van der Waals surface area contributed by atoms with Crippen LogP contribution in [0.1, 0.15) is 44.3 Å². The van der Waals surface area contributed by atoms with Crippen LogP contribution in [-0.2, 0) is 16.8 Å². The zero-order valence-electron chi connectivity index (χ0n) is 11.5. The lowest BCUT2D eigenvalue weighted by Gasteiger charge is -2.29. The van der Waals surface area contributed by atoms with Gasteiger partial charge in [-0.25, -0.2) is 4.98 Å². The molecule has 0 radical (unpaired) electrons. The minimum atomic E-state index is 0.127. The lowest BCUT2D eigenvalue weighted by atomic mass is 9.93. The Bertz CT molecular complexity index is 408. The largest absolute Gasteiger partial charge is 0.303 e. The second-order valence-electron chi connectivity index (χ2n) is 6.15. The molecule has 1 aromatic heterocycles. The molecule has 1 aliphatic rings. The third kappa shape index (κ3) is 3.39. The van der Waals surface area contributed by atoms with Gasteiger partial charge in [-0.15, -0.1) is 11.3 Å². The van der Waals surface area contributed by atoms with E-state index in [4.69, 9.17) is 4.98 Å². The van der Waals surface area contributed by atoms with Crippen molar-refractivity contribution in [2.75, 3.05) is 13.1 Å². The van der Waals surface area contributed by atoms with Gasteiger partial charge in [0.15, 0.2) is 0 Å². The van der Waals surface area contributed by atoms with E-state index in [1.54, 1.807) is 11.3 Å². The molecule has 0 spiro atoms. The number of rotatable bonds is 3. The van der Waals surface area contributed by atoms with Crippen molar-refractivity contribution in [2.45, 2.75) is 45.6 Å². The van der Waals surface area contributed by atoms with Gasteiger partial charge in [0.1, 0.15) is 11.3 Å². The second kappa shape index (κ2) is 5.49. The lowest BCUT2D eigenvalue weighted by molar-refractivity contribution is -0.112. The Hall–Kier alpha value is -0.740. The molecule has 3 nitrogen and oxygen atoms in total. The Balaban J connectivity index is 1.97. The molecule has 0 amide bonds. The van der Waals surface area contributed by atoms with Crippen molar-refractivity contribution in [2.24, 2.45) is 5.92 Å². The van der Waals surface area contributed by atoms with Gasteiger partial charge in [0, 0.05) is 23.3 Å². The van der Waals surface area contributed by atoms with Gasteiger partial charge in [-0.05, 0) is 19.4 Å². The number of likely N-dealkylation sites (tertiary alicyclic amines) is 1. The molecule has 18 heavy (non-hydrogen) atoms. The normalized spacial score (nSPS) is 22.1. The second-order valence-corrected chi connectivity index (χ2v) is 7.09. The molecule has 1 aromatic rings. The number of carbonyl (C=O) groups is 1. The zero-order chi connectivity index (χ0) is 13.2. The number of thiazole rings is 1. The molecule has 100 valence electrons. The van der Waals surface area contributed by atoms with Crippen LogP contribution < -0.4 is 0 Å². The first-order chi connectivity index (χ1) is 8.49. The summed E-state index contributed by atoms with van der Waals surface area (Å²) in [4.78, 5) is 17.9. The van der Waals surface area contributed by atoms with E-state index in [1.165, 1.54) is 10.7 Å². The number of nitrogens with zero attached hydrogens (tertiary/aromatic N) is 2. The van der Waals surface area contributed by atoms with Gasteiger partial charge in [0.25, 0.3) is 0 Å². The van der Waals surface area contributed by atoms with Gasteiger partial charge in [0.05, 0.1) is 12.2 Å². The Morgan fingerprint density at radius 2 is 2.33 bits per heavy atom. The van der Waals surface area contributed by atoms with Crippen molar-refractivity contribution in [3.8, 4) is 0 Å². The van der Waals surface area contributed by atoms with Gasteiger partial charge in [-0.3, -0.25) is 4.90 Å². The fourth-order valence-electron chi connectivity index (χ4n) is 2.27. The average Bonchev–Trinajstić information content (AvgIpc) is 2.77. The predicted molar refractivity (Wildman–Crippen MR) is 74.9 cm³/mol. The molecule has 1 atom stereocenters. The van der Waals surface area contributed by atoms with E-state index in [2.05, 4.69) is 31.1 Å². The van der Waals surface area contributed by atoms with Gasteiger partial charge < -0.3 is 4.79 Å². The third-order valence-electron chi connectivity index (χ3n) is 3.41. The number of aldehydes is 1. The van der Waals surface area contributed by atoms with Crippen LogP contribution in [0.5, 0.6) is 0 Å². The Kier molecular flexibility index (Phi) is 4.17. The fourth-order valence-corrected chi connectivity index (χ4v) is 3.33. The van der Waals surface area contributed by atoms with Crippen molar-refractivity contribution in [3.63, 3.8) is 0 Å². The maximum absolute atomic E-state index is 10.9. The highest BCUT2D eigenvalue weighted by atomic mass is 32.1. The van der Waals surface area contributed by atoms with Crippen molar-refractivity contribution in [1.82, 2.24) is 9.88 Å². The number of aromatic nitrogens is 1. The van der Waals surface area contributed by atoms with Crippen LogP contribution in [-0.4, -0.2) is 29.3 Å². The SMILES string of the molecule is CC(C)(C)c1csc(CN2CCCC(C=O)C2)n1. The van der Waals surface area contributed by atoms with Crippen molar-refractivity contribution < 1.29 is 4.79 Å². The van der Waals surface area contributed by atoms with Crippen LogP contribution in [0.25, 0.3) is 0 Å². The number of hydrogen-bond donors (Lipinski definition) is 0. The summed E-state index contributed by atoms with van der Waals surface area (Å²) in [5.41, 5.74) is 1.30. The summed E-state index contributed by atoms with van der Waals surface area (Å²) in [7, 11) is 0. The minimum absolute atomic E-state index is 0.127. The average molecular weight is 266 g/mol. The summed E-state index contributed by atoms with van der Waals surface area (Å²) >= 11 is 1.74. The molecule has 0 N–H and O–H groups in total. The molecule has 0 saturated carbocycles. The van der Waals surface area contributed by atoms with Crippen LogP contribution in [0.3, 0.4) is 0 Å². The van der Waals surface area contributed by atoms with Gasteiger partial charge in [0.2, 0.25) is 0 Å². The molecule has 1 unspecified atom stereocenters. The molecule has 2 rings (SSSR count). The smallest absolute Gasteiger partial charge is 0.124 e.